The summed E-state index contributed by atoms with van der Waals surface area (Å²) in [4.78, 5) is 2.35. The van der Waals surface area contributed by atoms with Gasteiger partial charge in [-0.25, -0.2) is 0 Å². The molecule has 0 saturated carbocycles. The first-order valence-electron chi connectivity index (χ1n) is 6.22. The highest BCUT2D eigenvalue weighted by molar-refractivity contribution is 5.03. The van der Waals surface area contributed by atoms with Gasteiger partial charge in [-0.1, -0.05) is 0 Å². The van der Waals surface area contributed by atoms with Crippen LogP contribution in [0.3, 0.4) is 0 Å². The number of methoxy groups -OCH3 is 1. The molecule has 1 aromatic rings. The van der Waals surface area contributed by atoms with Crippen LogP contribution >= 0.6 is 0 Å². The van der Waals surface area contributed by atoms with Crippen LogP contribution in [0.15, 0.2) is 12.4 Å². The van der Waals surface area contributed by atoms with E-state index in [0.29, 0.717) is 0 Å². The Morgan fingerprint density at radius 1 is 1.47 bits per heavy atom. The summed E-state index contributed by atoms with van der Waals surface area (Å²) in [5.41, 5.74) is 6.80. The van der Waals surface area contributed by atoms with Crippen molar-refractivity contribution in [2.24, 2.45) is 5.73 Å². The number of nitrogens with two attached hydrogens (primary N) is 1. The molecule has 0 bridgehead atoms. The standard InChI is InChI=1S/C12H24N4O/c1-3-16-11-12(9-14-16)10-15(6-4-5-13)7-8-17-2/h9,11H,3-8,10,13H2,1-2H3. The van der Waals surface area contributed by atoms with Crippen LogP contribution in [0.4, 0.5) is 0 Å². The highest BCUT2D eigenvalue weighted by Crippen LogP contribution is 2.04. The molecule has 0 atom stereocenters. The maximum Gasteiger partial charge on any atom is 0.0589 e. The summed E-state index contributed by atoms with van der Waals surface area (Å²) in [6.45, 7) is 7.37. The zero-order valence-corrected chi connectivity index (χ0v) is 10.9. The topological polar surface area (TPSA) is 56.3 Å². The van der Waals surface area contributed by atoms with Crippen molar-refractivity contribution in [1.29, 1.82) is 0 Å². The van der Waals surface area contributed by atoms with E-state index in [0.717, 1.165) is 45.8 Å². The third-order valence-electron chi connectivity index (χ3n) is 2.71. The van der Waals surface area contributed by atoms with Crippen molar-refractivity contribution in [3.05, 3.63) is 18.0 Å². The van der Waals surface area contributed by atoms with E-state index in [1.54, 1.807) is 7.11 Å². The lowest BCUT2D eigenvalue weighted by molar-refractivity contribution is 0.143. The molecular formula is C12H24N4O. The average Bonchev–Trinajstić information content (AvgIpc) is 2.80. The Morgan fingerprint density at radius 3 is 2.88 bits per heavy atom. The predicted molar refractivity (Wildman–Crippen MR) is 68.7 cm³/mol. The number of nitrogens with zero attached hydrogens (tertiary/aromatic N) is 3. The van der Waals surface area contributed by atoms with E-state index in [2.05, 4.69) is 23.1 Å². The minimum atomic E-state index is 0.734. The summed E-state index contributed by atoms with van der Waals surface area (Å²) in [6.07, 6.45) is 5.06. The maximum atomic E-state index is 5.55. The number of aryl methyl sites for hydroxylation is 1. The molecule has 0 amide bonds. The van der Waals surface area contributed by atoms with Crippen LogP contribution in [0, 0.1) is 0 Å². The van der Waals surface area contributed by atoms with Crippen molar-refractivity contribution in [2.45, 2.75) is 26.4 Å². The molecule has 0 aliphatic heterocycles. The molecule has 5 nitrogen and oxygen atoms in total. The first-order chi connectivity index (χ1) is 8.30. The largest absolute Gasteiger partial charge is 0.383 e. The van der Waals surface area contributed by atoms with E-state index in [1.807, 2.05) is 10.9 Å². The van der Waals surface area contributed by atoms with Gasteiger partial charge in [0.2, 0.25) is 0 Å². The fourth-order valence-corrected chi connectivity index (χ4v) is 1.72. The van der Waals surface area contributed by atoms with Crippen molar-refractivity contribution in [3.63, 3.8) is 0 Å². The first-order valence-corrected chi connectivity index (χ1v) is 6.22. The van der Waals surface area contributed by atoms with E-state index in [4.69, 9.17) is 10.5 Å². The zero-order valence-electron chi connectivity index (χ0n) is 10.9. The molecular weight excluding hydrogens is 216 g/mol. The molecule has 0 saturated heterocycles. The quantitative estimate of drug-likeness (QED) is 0.690. The fraction of sp³-hybridized carbons (Fsp3) is 0.750. The van der Waals surface area contributed by atoms with Gasteiger partial charge in [0.1, 0.15) is 0 Å². The summed E-state index contributed by atoms with van der Waals surface area (Å²) in [5, 5.41) is 4.28. The van der Waals surface area contributed by atoms with Gasteiger partial charge in [-0.2, -0.15) is 5.10 Å². The molecule has 0 aromatic carbocycles. The molecule has 0 spiro atoms. The van der Waals surface area contributed by atoms with Gasteiger partial charge < -0.3 is 10.5 Å². The Hall–Kier alpha value is -0.910. The van der Waals surface area contributed by atoms with Gasteiger partial charge in [0.05, 0.1) is 12.8 Å². The van der Waals surface area contributed by atoms with Gasteiger partial charge in [0, 0.05) is 38.5 Å². The lowest BCUT2D eigenvalue weighted by Gasteiger charge is -2.20. The summed E-state index contributed by atoms with van der Waals surface area (Å²) in [7, 11) is 1.73. The van der Waals surface area contributed by atoms with Crippen molar-refractivity contribution in [3.8, 4) is 0 Å². The Morgan fingerprint density at radius 2 is 2.29 bits per heavy atom. The second-order valence-electron chi connectivity index (χ2n) is 4.12. The Labute approximate surface area is 104 Å². The SMILES string of the molecule is CCn1cc(CN(CCCN)CCOC)cn1. The maximum absolute atomic E-state index is 5.55. The normalized spacial score (nSPS) is 11.3. The van der Waals surface area contributed by atoms with Gasteiger partial charge in [0.25, 0.3) is 0 Å². The van der Waals surface area contributed by atoms with Gasteiger partial charge in [-0.05, 0) is 26.4 Å². The zero-order chi connectivity index (χ0) is 12.5. The molecule has 0 radical (unpaired) electrons. The Bertz CT molecular complexity index is 292. The summed E-state index contributed by atoms with van der Waals surface area (Å²) in [5.74, 6) is 0. The van der Waals surface area contributed by atoms with E-state index in [-0.39, 0.29) is 0 Å². The van der Waals surface area contributed by atoms with Crippen LogP contribution in [0.2, 0.25) is 0 Å². The number of ether oxygens (including phenoxy) is 1. The second-order valence-corrected chi connectivity index (χ2v) is 4.12. The van der Waals surface area contributed by atoms with E-state index in [9.17, 15) is 0 Å². The van der Waals surface area contributed by atoms with E-state index in [1.165, 1.54) is 5.56 Å². The third kappa shape index (κ3) is 5.30. The molecule has 0 unspecified atom stereocenters. The van der Waals surface area contributed by atoms with Crippen LogP contribution in [-0.2, 0) is 17.8 Å². The number of aromatic nitrogens is 2. The Kier molecular flexibility index (Phi) is 6.84. The minimum absolute atomic E-state index is 0.734. The van der Waals surface area contributed by atoms with Gasteiger partial charge in [-0.3, -0.25) is 9.58 Å². The molecule has 2 N–H and O–H groups in total. The van der Waals surface area contributed by atoms with Crippen molar-refractivity contribution in [2.75, 3.05) is 33.4 Å². The summed E-state index contributed by atoms with van der Waals surface area (Å²) in [6, 6.07) is 0. The number of hydrogen-bond acceptors (Lipinski definition) is 4. The van der Waals surface area contributed by atoms with Crippen molar-refractivity contribution >= 4 is 0 Å². The fourth-order valence-electron chi connectivity index (χ4n) is 1.72. The first kappa shape index (κ1) is 14.2. The number of rotatable bonds is 9. The van der Waals surface area contributed by atoms with Gasteiger partial charge in [-0.15, -0.1) is 0 Å². The summed E-state index contributed by atoms with van der Waals surface area (Å²) < 4.78 is 7.07. The van der Waals surface area contributed by atoms with Crippen molar-refractivity contribution < 1.29 is 4.74 Å². The highest BCUT2D eigenvalue weighted by atomic mass is 16.5. The van der Waals surface area contributed by atoms with Crippen LogP contribution in [-0.4, -0.2) is 48.0 Å². The molecule has 0 aliphatic rings. The molecule has 0 fully saturated rings. The lowest BCUT2D eigenvalue weighted by Crippen LogP contribution is -2.29. The third-order valence-corrected chi connectivity index (χ3v) is 2.71. The number of hydrogen-bond donors (Lipinski definition) is 1. The molecule has 0 aliphatic carbocycles. The van der Waals surface area contributed by atoms with Crippen LogP contribution in [0.5, 0.6) is 0 Å². The molecule has 17 heavy (non-hydrogen) atoms. The highest BCUT2D eigenvalue weighted by Gasteiger charge is 2.06. The minimum Gasteiger partial charge on any atom is -0.383 e. The molecule has 1 rings (SSSR count). The average molecular weight is 240 g/mol. The Balaban J connectivity index is 2.45. The lowest BCUT2D eigenvalue weighted by atomic mass is 10.3. The van der Waals surface area contributed by atoms with Crippen molar-refractivity contribution in [1.82, 2.24) is 14.7 Å². The van der Waals surface area contributed by atoms with Crippen LogP contribution in [0.25, 0.3) is 0 Å². The molecule has 1 aromatic heterocycles. The van der Waals surface area contributed by atoms with Gasteiger partial charge in [0.15, 0.2) is 0 Å². The smallest absolute Gasteiger partial charge is 0.0589 e. The monoisotopic (exact) mass is 240 g/mol. The molecule has 1 heterocycles. The molecule has 98 valence electrons. The molecule has 5 heteroatoms. The van der Waals surface area contributed by atoms with Crippen LogP contribution < -0.4 is 5.73 Å². The van der Waals surface area contributed by atoms with E-state index < -0.39 is 0 Å². The summed E-state index contributed by atoms with van der Waals surface area (Å²) >= 11 is 0. The van der Waals surface area contributed by atoms with E-state index >= 15 is 0 Å². The van der Waals surface area contributed by atoms with Gasteiger partial charge >= 0.3 is 0 Å². The van der Waals surface area contributed by atoms with Crippen LogP contribution in [0.1, 0.15) is 18.9 Å². The predicted octanol–water partition coefficient (Wildman–Crippen LogP) is 0.700. The second kappa shape index (κ2) is 8.22.